The van der Waals surface area contributed by atoms with E-state index in [1.165, 1.54) is 5.52 Å². The molecule has 4 rings (SSSR count). The largest absolute Gasteiger partial charge is 0.357 e. The fraction of sp³-hybridized carbons (Fsp3) is 0.333. The van der Waals surface area contributed by atoms with Crippen molar-refractivity contribution < 1.29 is 4.79 Å². The number of benzene rings is 1. The number of halogens is 1. The summed E-state index contributed by atoms with van der Waals surface area (Å²) in [6.45, 7) is 4.72. The Bertz CT molecular complexity index is 942. The van der Waals surface area contributed by atoms with Crippen molar-refractivity contribution in [3.05, 3.63) is 53.8 Å². The van der Waals surface area contributed by atoms with Crippen LogP contribution >= 0.6 is 11.6 Å². The summed E-state index contributed by atoms with van der Waals surface area (Å²) in [7, 11) is 0. The molecule has 0 unspecified atom stereocenters. The number of hydrogen-bond acceptors (Lipinski definition) is 3. The third-order valence-electron chi connectivity index (χ3n) is 5.28. The molecule has 27 heavy (non-hydrogen) atoms. The number of hydrogen-bond donors (Lipinski definition) is 1. The molecule has 0 bridgehead atoms. The van der Waals surface area contributed by atoms with Crippen LogP contribution in [-0.4, -0.2) is 28.5 Å². The van der Waals surface area contributed by atoms with E-state index in [0.29, 0.717) is 5.02 Å². The van der Waals surface area contributed by atoms with Crippen LogP contribution in [0.4, 0.5) is 11.5 Å². The number of fused-ring (bicyclic) bond motifs is 1. The normalized spacial score (nSPS) is 15.3. The first-order valence-electron chi connectivity index (χ1n) is 9.40. The Balaban J connectivity index is 1.37. The minimum absolute atomic E-state index is 0.0319. The summed E-state index contributed by atoms with van der Waals surface area (Å²) >= 11 is 5.90. The number of rotatable bonds is 4. The molecule has 2 aromatic heterocycles. The number of carbonyl (C=O) groups is 1. The summed E-state index contributed by atoms with van der Waals surface area (Å²) in [6.07, 6.45) is 5.39. The lowest BCUT2D eigenvalue weighted by molar-refractivity contribution is -0.120. The topological polar surface area (TPSA) is 50.2 Å². The summed E-state index contributed by atoms with van der Waals surface area (Å²) in [6, 6.07) is 12.0. The number of aryl methyl sites for hydroxylation is 1. The van der Waals surface area contributed by atoms with Crippen molar-refractivity contribution in [1.29, 1.82) is 0 Å². The third-order valence-corrected chi connectivity index (χ3v) is 5.50. The quantitative estimate of drug-likeness (QED) is 0.719. The number of pyridine rings is 1. The summed E-state index contributed by atoms with van der Waals surface area (Å²) < 4.78 is 2.20. The van der Waals surface area contributed by atoms with Gasteiger partial charge in [0.1, 0.15) is 5.82 Å². The lowest BCUT2D eigenvalue weighted by atomic mass is 9.95. The molecule has 1 N–H and O–H groups in total. The Morgan fingerprint density at radius 2 is 2.04 bits per heavy atom. The zero-order chi connectivity index (χ0) is 18.8. The molecule has 1 amide bonds. The van der Waals surface area contributed by atoms with E-state index in [4.69, 9.17) is 11.6 Å². The van der Waals surface area contributed by atoms with E-state index < -0.39 is 0 Å². The van der Waals surface area contributed by atoms with Crippen LogP contribution in [0, 0.1) is 5.92 Å². The van der Waals surface area contributed by atoms with Gasteiger partial charge in [0.25, 0.3) is 0 Å². The summed E-state index contributed by atoms with van der Waals surface area (Å²) in [5, 5.41) is 4.88. The van der Waals surface area contributed by atoms with E-state index in [-0.39, 0.29) is 11.8 Å². The van der Waals surface area contributed by atoms with Gasteiger partial charge in [-0.1, -0.05) is 11.6 Å². The van der Waals surface area contributed by atoms with Gasteiger partial charge in [-0.15, -0.1) is 0 Å². The fourth-order valence-corrected chi connectivity index (χ4v) is 3.84. The molecule has 0 radical (unpaired) electrons. The Hall–Kier alpha value is -2.53. The van der Waals surface area contributed by atoms with E-state index in [9.17, 15) is 4.79 Å². The van der Waals surface area contributed by atoms with Gasteiger partial charge in [-0.3, -0.25) is 4.79 Å². The zero-order valence-corrected chi connectivity index (χ0v) is 16.1. The molecule has 5 nitrogen and oxygen atoms in total. The van der Waals surface area contributed by atoms with Crippen LogP contribution in [0.25, 0.3) is 10.9 Å². The average Bonchev–Trinajstić information content (AvgIpc) is 3.11. The molecular weight excluding hydrogens is 360 g/mol. The monoisotopic (exact) mass is 382 g/mol. The number of aromatic nitrogens is 2. The maximum Gasteiger partial charge on any atom is 0.227 e. The van der Waals surface area contributed by atoms with Gasteiger partial charge in [0, 0.05) is 54.5 Å². The van der Waals surface area contributed by atoms with Gasteiger partial charge in [-0.2, -0.15) is 0 Å². The first-order chi connectivity index (χ1) is 13.1. The fourth-order valence-electron chi connectivity index (χ4n) is 3.72. The molecule has 1 saturated heterocycles. The molecule has 3 heterocycles. The van der Waals surface area contributed by atoms with Gasteiger partial charge in [-0.25, -0.2) is 4.98 Å². The maximum atomic E-state index is 12.7. The van der Waals surface area contributed by atoms with E-state index in [0.717, 1.165) is 49.4 Å². The number of amides is 1. The molecule has 6 heteroatoms. The van der Waals surface area contributed by atoms with E-state index in [2.05, 4.69) is 45.0 Å². The van der Waals surface area contributed by atoms with E-state index in [1.807, 2.05) is 24.3 Å². The lowest BCUT2D eigenvalue weighted by Crippen LogP contribution is -2.38. The minimum atomic E-state index is 0.0319. The van der Waals surface area contributed by atoms with Crippen LogP contribution in [0.2, 0.25) is 5.02 Å². The number of piperidine rings is 1. The molecular formula is C21H23ClN4O. The molecule has 1 aliphatic rings. The third kappa shape index (κ3) is 3.78. The predicted molar refractivity (Wildman–Crippen MR) is 110 cm³/mol. The number of nitrogens with zero attached hydrogens (tertiary/aromatic N) is 3. The van der Waals surface area contributed by atoms with Crippen LogP contribution in [0.3, 0.4) is 0 Å². The smallest absolute Gasteiger partial charge is 0.227 e. The van der Waals surface area contributed by atoms with Crippen molar-refractivity contribution in [1.82, 2.24) is 9.55 Å². The zero-order valence-electron chi connectivity index (χ0n) is 15.4. The van der Waals surface area contributed by atoms with Crippen LogP contribution in [0.1, 0.15) is 19.8 Å². The predicted octanol–water partition coefficient (Wildman–Crippen LogP) is 4.56. The van der Waals surface area contributed by atoms with Gasteiger partial charge in [-0.05, 0) is 56.2 Å². The number of carbonyl (C=O) groups excluding carboxylic acids is 1. The summed E-state index contributed by atoms with van der Waals surface area (Å²) in [5.41, 5.74) is 2.06. The number of nitrogens with one attached hydrogen (secondary N) is 1. The first kappa shape index (κ1) is 17.9. The van der Waals surface area contributed by atoms with Crippen molar-refractivity contribution >= 4 is 39.9 Å². The first-order valence-corrected chi connectivity index (χ1v) is 9.78. The second-order valence-electron chi connectivity index (χ2n) is 6.96. The van der Waals surface area contributed by atoms with Crippen molar-refractivity contribution in [2.24, 2.45) is 5.92 Å². The molecule has 1 aromatic carbocycles. The van der Waals surface area contributed by atoms with Crippen LogP contribution in [0.5, 0.6) is 0 Å². The molecule has 0 spiro atoms. The molecule has 0 aliphatic carbocycles. The second kappa shape index (κ2) is 7.61. The van der Waals surface area contributed by atoms with Gasteiger partial charge in [0.2, 0.25) is 5.91 Å². The molecule has 0 saturated carbocycles. The van der Waals surface area contributed by atoms with E-state index in [1.54, 1.807) is 6.20 Å². The molecule has 3 aromatic rings. The van der Waals surface area contributed by atoms with E-state index >= 15 is 0 Å². The Morgan fingerprint density at radius 1 is 1.22 bits per heavy atom. The Labute approximate surface area is 163 Å². The standard InChI is InChI=1S/C21H23ClN4O/c1-2-25-10-9-16-13-18(4-5-19(16)25)24-21(27)15-7-11-26(12-8-15)20-6-3-17(22)14-23-20/h3-6,9-10,13-15H,2,7-8,11-12H2,1H3,(H,24,27). The highest BCUT2D eigenvalue weighted by atomic mass is 35.5. The highest BCUT2D eigenvalue weighted by molar-refractivity contribution is 6.30. The second-order valence-corrected chi connectivity index (χ2v) is 7.40. The molecule has 1 aliphatic heterocycles. The van der Waals surface area contributed by atoms with Crippen LogP contribution in [0.15, 0.2) is 48.8 Å². The summed E-state index contributed by atoms with van der Waals surface area (Å²) in [5.74, 6) is 1.06. The minimum Gasteiger partial charge on any atom is -0.357 e. The van der Waals surface area contributed by atoms with Crippen LogP contribution < -0.4 is 10.2 Å². The molecule has 1 fully saturated rings. The highest BCUT2D eigenvalue weighted by Crippen LogP contribution is 2.25. The average molecular weight is 383 g/mol. The van der Waals surface area contributed by atoms with Gasteiger partial charge in [0.05, 0.1) is 5.02 Å². The van der Waals surface area contributed by atoms with Gasteiger partial charge in [0.15, 0.2) is 0 Å². The Kier molecular flexibility index (Phi) is 5.03. The molecule has 0 atom stereocenters. The SMILES string of the molecule is CCn1ccc2cc(NC(=O)C3CCN(c4ccc(Cl)cn4)CC3)ccc21. The lowest BCUT2D eigenvalue weighted by Gasteiger charge is -2.32. The van der Waals surface area contributed by atoms with Gasteiger partial charge >= 0.3 is 0 Å². The van der Waals surface area contributed by atoms with Crippen molar-refractivity contribution in [2.75, 3.05) is 23.3 Å². The Morgan fingerprint density at radius 3 is 2.74 bits per heavy atom. The van der Waals surface area contributed by atoms with Crippen molar-refractivity contribution in [3.8, 4) is 0 Å². The van der Waals surface area contributed by atoms with Crippen molar-refractivity contribution in [3.63, 3.8) is 0 Å². The highest BCUT2D eigenvalue weighted by Gasteiger charge is 2.25. The summed E-state index contributed by atoms with van der Waals surface area (Å²) in [4.78, 5) is 19.3. The van der Waals surface area contributed by atoms with Crippen LogP contribution in [-0.2, 0) is 11.3 Å². The van der Waals surface area contributed by atoms with Gasteiger partial charge < -0.3 is 14.8 Å². The maximum absolute atomic E-state index is 12.7. The molecule has 140 valence electrons. The number of anilines is 2. The van der Waals surface area contributed by atoms with Crippen molar-refractivity contribution in [2.45, 2.75) is 26.3 Å².